The summed E-state index contributed by atoms with van der Waals surface area (Å²) in [5, 5.41) is 2.32. The summed E-state index contributed by atoms with van der Waals surface area (Å²) in [6.07, 6.45) is 1.94. The second-order valence-electron chi connectivity index (χ2n) is 24.8. The molecule has 0 spiro atoms. The van der Waals surface area contributed by atoms with Gasteiger partial charge in [0, 0.05) is 45.9 Å². The molecule has 0 bridgehead atoms. The van der Waals surface area contributed by atoms with Gasteiger partial charge in [-0.05, 0) is 139 Å². The fourth-order valence-corrected chi connectivity index (χ4v) is 10.2. The summed E-state index contributed by atoms with van der Waals surface area (Å²) in [5.74, 6) is 2.45. The maximum atomic E-state index is 7.15. The van der Waals surface area contributed by atoms with Gasteiger partial charge in [0.05, 0.1) is 22.4 Å². The van der Waals surface area contributed by atoms with E-state index in [0.717, 1.165) is 39.4 Å². The summed E-state index contributed by atoms with van der Waals surface area (Å²) >= 11 is 0. The van der Waals surface area contributed by atoms with E-state index < -0.39 is 0 Å². The zero-order valence-electron chi connectivity index (χ0n) is 45.1. The van der Waals surface area contributed by atoms with Crippen LogP contribution in [0.25, 0.3) is 38.8 Å². The van der Waals surface area contributed by atoms with E-state index in [1.165, 1.54) is 67.0 Å². The Morgan fingerprint density at radius 3 is 1.62 bits per heavy atom. The van der Waals surface area contributed by atoms with E-state index in [2.05, 4.69) is 275 Å². The number of nitrogens with zero attached hydrogens (tertiary/aromatic N) is 4. The van der Waals surface area contributed by atoms with Crippen molar-refractivity contribution in [2.24, 2.45) is 0 Å². The molecule has 0 fully saturated rings. The molecule has 2 aromatic heterocycles. The fraction of sp³-hybridized carbons (Fsp3) is 0.299. The van der Waals surface area contributed by atoms with Crippen molar-refractivity contribution in [3.8, 4) is 28.4 Å². The highest BCUT2D eigenvalue weighted by Gasteiger charge is 2.34. The zero-order valence-corrected chi connectivity index (χ0v) is 45.1. The first-order valence-electron chi connectivity index (χ1n) is 25.8. The van der Waals surface area contributed by atoms with Gasteiger partial charge in [-0.3, -0.25) is 4.57 Å². The lowest BCUT2D eigenvalue weighted by Crippen LogP contribution is -2.26. The highest BCUT2D eigenvalue weighted by molar-refractivity contribution is 6.10. The molecule has 0 aliphatic carbocycles. The third-order valence-electron chi connectivity index (χ3n) is 15.0. The van der Waals surface area contributed by atoms with Crippen LogP contribution in [0, 0.1) is 0 Å². The standard InChI is InChI=1S/C67H72N4O/c1-63(2,3)47-31-32-68-62(40-47)71-58-29-25-45(44-21-17-15-18-22-44)33-57(58)56-28-27-54(42-60(56)71)72-55-38-51(66(10,11)12)37-53(41-55)70-43-69(52-35-49(64(4,5)6)34-50(36-52)65(7,8)9)59-30-26-48(39-61(59)70)67(13,14)46-23-19-16-20-24-46/h15-42H,43H2,1-14H3. The first-order valence-corrected chi connectivity index (χ1v) is 25.8. The third kappa shape index (κ3) is 9.19. The normalized spacial score (nSPS) is 13.6. The second-order valence-corrected chi connectivity index (χ2v) is 24.8. The first-order chi connectivity index (χ1) is 33.9. The molecule has 0 radical (unpaired) electrons. The first kappa shape index (κ1) is 48.5. The third-order valence-corrected chi connectivity index (χ3v) is 15.0. The van der Waals surface area contributed by atoms with Crippen LogP contribution in [-0.2, 0) is 27.1 Å². The molecule has 0 saturated carbocycles. The highest BCUT2D eigenvalue weighted by atomic mass is 16.5. The van der Waals surface area contributed by atoms with Crippen LogP contribution < -0.4 is 14.5 Å². The molecule has 3 heterocycles. The van der Waals surface area contributed by atoms with Crippen molar-refractivity contribution < 1.29 is 4.74 Å². The number of hydrogen-bond donors (Lipinski definition) is 0. The Morgan fingerprint density at radius 1 is 0.389 bits per heavy atom. The van der Waals surface area contributed by atoms with Crippen LogP contribution in [0.3, 0.4) is 0 Å². The van der Waals surface area contributed by atoms with Crippen LogP contribution in [0.4, 0.5) is 22.7 Å². The topological polar surface area (TPSA) is 33.5 Å². The van der Waals surface area contributed by atoms with Crippen molar-refractivity contribution in [1.82, 2.24) is 9.55 Å². The van der Waals surface area contributed by atoms with Gasteiger partial charge in [-0.2, -0.15) is 0 Å². The quantitative estimate of drug-likeness (QED) is 0.152. The molecule has 0 N–H and O–H groups in total. The summed E-state index contributed by atoms with van der Waals surface area (Å²) in [7, 11) is 0. The van der Waals surface area contributed by atoms with E-state index in [9.17, 15) is 0 Å². The molecule has 7 aromatic carbocycles. The molecule has 0 amide bonds. The van der Waals surface area contributed by atoms with E-state index in [4.69, 9.17) is 9.72 Å². The molecule has 366 valence electrons. The number of fused-ring (bicyclic) bond motifs is 4. The van der Waals surface area contributed by atoms with Crippen LogP contribution in [0.15, 0.2) is 170 Å². The van der Waals surface area contributed by atoms with Gasteiger partial charge in [-0.25, -0.2) is 4.98 Å². The molecule has 72 heavy (non-hydrogen) atoms. The Labute approximate surface area is 429 Å². The average molecular weight is 949 g/mol. The molecule has 5 heteroatoms. The lowest BCUT2D eigenvalue weighted by atomic mass is 9.78. The van der Waals surface area contributed by atoms with Crippen LogP contribution in [0.1, 0.15) is 130 Å². The Kier molecular flexibility index (Phi) is 11.8. The molecule has 5 nitrogen and oxygen atoms in total. The molecule has 0 atom stereocenters. The number of benzene rings is 7. The van der Waals surface area contributed by atoms with Gasteiger partial charge in [0.25, 0.3) is 0 Å². The van der Waals surface area contributed by atoms with Crippen LogP contribution in [-0.4, -0.2) is 16.2 Å². The summed E-state index contributed by atoms with van der Waals surface area (Å²) in [5.41, 5.74) is 16.4. The number of rotatable bonds is 8. The van der Waals surface area contributed by atoms with Gasteiger partial charge in [0.2, 0.25) is 0 Å². The summed E-state index contributed by atoms with van der Waals surface area (Å²) < 4.78 is 9.46. The number of pyridine rings is 1. The predicted octanol–water partition coefficient (Wildman–Crippen LogP) is 18.4. The molecular weight excluding hydrogens is 877 g/mol. The molecule has 0 saturated heterocycles. The van der Waals surface area contributed by atoms with Crippen LogP contribution in [0.2, 0.25) is 0 Å². The minimum Gasteiger partial charge on any atom is -0.457 e. The maximum Gasteiger partial charge on any atom is 0.137 e. The monoisotopic (exact) mass is 949 g/mol. The van der Waals surface area contributed by atoms with Crippen molar-refractivity contribution in [2.75, 3.05) is 16.5 Å². The van der Waals surface area contributed by atoms with Gasteiger partial charge in [-0.1, -0.05) is 176 Å². The van der Waals surface area contributed by atoms with E-state index in [1.54, 1.807) is 0 Å². The largest absolute Gasteiger partial charge is 0.457 e. The number of ether oxygens (including phenoxy) is 1. The molecule has 10 rings (SSSR count). The Hall–Kier alpha value is -7.11. The molecule has 0 unspecified atom stereocenters. The van der Waals surface area contributed by atoms with E-state index in [-0.39, 0.29) is 27.1 Å². The maximum absolute atomic E-state index is 7.15. The van der Waals surface area contributed by atoms with Gasteiger partial charge in [0.15, 0.2) is 0 Å². The SMILES string of the molecule is CC(C)(C)c1cc(Oc2ccc3c4cc(-c5ccccc5)ccc4n(-c4cc(C(C)(C)C)ccn4)c3c2)cc(N2CN(c3cc(C(C)(C)C)cc(C(C)(C)C)c3)c3ccc(C(C)(C)c4ccccc4)cc32)c1. The average Bonchev–Trinajstić information content (AvgIpc) is 3.88. The zero-order chi connectivity index (χ0) is 51.1. The Balaban J connectivity index is 1.12. The minimum absolute atomic E-state index is 0.0233. The summed E-state index contributed by atoms with van der Waals surface area (Å²) in [4.78, 5) is 10.0. The van der Waals surface area contributed by atoms with E-state index >= 15 is 0 Å². The fourth-order valence-electron chi connectivity index (χ4n) is 10.2. The molecule has 9 aromatic rings. The van der Waals surface area contributed by atoms with Crippen LogP contribution >= 0.6 is 0 Å². The smallest absolute Gasteiger partial charge is 0.137 e. The Bertz CT molecular complexity index is 3450. The van der Waals surface area contributed by atoms with Gasteiger partial charge in [0.1, 0.15) is 24.0 Å². The molecule has 1 aliphatic heterocycles. The van der Waals surface area contributed by atoms with Crippen molar-refractivity contribution in [1.29, 1.82) is 0 Å². The van der Waals surface area contributed by atoms with E-state index in [1.807, 2.05) is 6.20 Å². The van der Waals surface area contributed by atoms with Crippen molar-refractivity contribution in [3.05, 3.63) is 203 Å². The predicted molar refractivity (Wildman–Crippen MR) is 306 cm³/mol. The molecular formula is C67H72N4O. The van der Waals surface area contributed by atoms with Crippen molar-refractivity contribution >= 4 is 44.6 Å². The number of anilines is 4. The number of aromatic nitrogens is 2. The lowest BCUT2D eigenvalue weighted by molar-refractivity contribution is 0.479. The Morgan fingerprint density at radius 2 is 0.986 bits per heavy atom. The number of hydrogen-bond acceptors (Lipinski definition) is 4. The summed E-state index contributed by atoms with van der Waals surface area (Å²) in [6.45, 7) is 32.9. The minimum atomic E-state index is -0.226. The van der Waals surface area contributed by atoms with Gasteiger partial charge >= 0.3 is 0 Å². The highest BCUT2D eigenvalue weighted by Crippen LogP contribution is 2.50. The van der Waals surface area contributed by atoms with Crippen molar-refractivity contribution in [3.63, 3.8) is 0 Å². The van der Waals surface area contributed by atoms with Crippen molar-refractivity contribution in [2.45, 2.75) is 124 Å². The van der Waals surface area contributed by atoms with Gasteiger partial charge < -0.3 is 14.5 Å². The van der Waals surface area contributed by atoms with Gasteiger partial charge in [-0.15, -0.1) is 0 Å². The lowest BCUT2D eigenvalue weighted by Gasteiger charge is -2.29. The molecule has 1 aliphatic rings. The van der Waals surface area contributed by atoms with Crippen LogP contribution in [0.5, 0.6) is 11.5 Å². The van der Waals surface area contributed by atoms with E-state index in [0.29, 0.717) is 6.67 Å². The second kappa shape index (κ2) is 17.6. The summed E-state index contributed by atoms with van der Waals surface area (Å²) in [6, 6.07) is 60.5.